The van der Waals surface area contributed by atoms with Gasteiger partial charge in [0.2, 0.25) is 0 Å². The highest BCUT2D eigenvalue weighted by molar-refractivity contribution is 5.83. The normalized spacial score (nSPS) is 16.1. The molecule has 1 saturated heterocycles. The molecule has 3 N–H and O–H groups in total. The van der Waals surface area contributed by atoms with Crippen molar-refractivity contribution in [3.8, 4) is 17.1 Å². The smallest absolute Gasteiger partial charge is 0.320 e. The standard InChI is InChI=1S/C26H31N7O/c1-18(2)33-17-30-23-24(31-26(32-25(23)33)34-16-22-15-27-12-13-28-22)29-14-19-8-10-21(11-9-19)20-6-4-3-5-7-20/h3-11,17-18,22,27-28H,12-16H2,1-2H3,(H,29,31,32)/t22-/m1/s1. The van der Waals surface area contributed by atoms with Gasteiger partial charge in [0.15, 0.2) is 17.0 Å². The highest BCUT2D eigenvalue weighted by atomic mass is 16.5. The zero-order valence-corrected chi connectivity index (χ0v) is 19.7. The van der Waals surface area contributed by atoms with E-state index in [0.29, 0.717) is 25.0 Å². The lowest BCUT2D eigenvalue weighted by molar-refractivity contribution is 0.232. The lowest BCUT2D eigenvalue weighted by Gasteiger charge is -2.24. The van der Waals surface area contributed by atoms with E-state index in [1.165, 1.54) is 11.1 Å². The highest BCUT2D eigenvalue weighted by Crippen LogP contribution is 2.25. The molecule has 0 spiro atoms. The Labute approximate surface area is 199 Å². The number of aromatic nitrogens is 4. The number of nitrogens with zero attached hydrogens (tertiary/aromatic N) is 4. The predicted octanol–water partition coefficient (Wildman–Crippen LogP) is 3.63. The van der Waals surface area contributed by atoms with Crippen LogP contribution < -0.4 is 20.7 Å². The third-order valence-corrected chi connectivity index (χ3v) is 6.02. The van der Waals surface area contributed by atoms with Gasteiger partial charge in [-0.2, -0.15) is 9.97 Å². The number of benzene rings is 2. The molecule has 34 heavy (non-hydrogen) atoms. The van der Waals surface area contributed by atoms with Gasteiger partial charge in [0.05, 0.1) is 12.4 Å². The average Bonchev–Trinajstić information content (AvgIpc) is 3.32. The van der Waals surface area contributed by atoms with Crippen LogP contribution in [-0.2, 0) is 6.54 Å². The molecule has 0 unspecified atom stereocenters. The van der Waals surface area contributed by atoms with Gasteiger partial charge in [0.25, 0.3) is 0 Å². The number of fused-ring (bicyclic) bond motifs is 1. The van der Waals surface area contributed by atoms with Crippen molar-refractivity contribution in [3.63, 3.8) is 0 Å². The fourth-order valence-corrected chi connectivity index (χ4v) is 4.10. The van der Waals surface area contributed by atoms with Gasteiger partial charge >= 0.3 is 6.01 Å². The minimum Gasteiger partial charge on any atom is -0.462 e. The van der Waals surface area contributed by atoms with E-state index in [1.54, 1.807) is 0 Å². The van der Waals surface area contributed by atoms with Crippen LogP contribution >= 0.6 is 0 Å². The van der Waals surface area contributed by atoms with Crippen molar-refractivity contribution < 1.29 is 4.74 Å². The van der Waals surface area contributed by atoms with E-state index in [1.807, 2.05) is 17.0 Å². The van der Waals surface area contributed by atoms with E-state index < -0.39 is 0 Å². The molecular weight excluding hydrogens is 426 g/mol. The Balaban J connectivity index is 1.34. The number of piperazine rings is 1. The zero-order valence-electron chi connectivity index (χ0n) is 19.7. The second-order valence-corrected chi connectivity index (χ2v) is 8.86. The van der Waals surface area contributed by atoms with Gasteiger partial charge < -0.3 is 25.3 Å². The molecule has 176 valence electrons. The minimum absolute atomic E-state index is 0.232. The number of imidazole rings is 1. The lowest BCUT2D eigenvalue weighted by Crippen LogP contribution is -2.51. The molecule has 0 amide bonds. The Bertz CT molecular complexity index is 1220. The number of ether oxygens (including phenoxy) is 1. The van der Waals surface area contributed by atoms with Crippen LogP contribution in [0.5, 0.6) is 6.01 Å². The number of anilines is 1. The van der Waals surface area contributed by atoms with Crippen molar-refractivity contribution in [2.45, 2.75) is 32.5 Å². The van der Waals surface area contributed by atoms with Gasteiger partial charge in [-0.25, -0.2) is 4.98 Å². The Morgan fingerprint density at radius 3 is 2.56 bits per heavy atom. The minimum atomic E-state index is 0.232. The molecule has 8 heteroatoms. The van der Waals surface area contributed by atoms with Crippen molar-refractivity contribution in [1.82, 2.24) is 30.2 Å². The van der Waals surface area contributed by atoms with Gasteiger partial charge in [-0.15, -0.1) is 0 Å². The molecule has 2 aromatic heterocycles. The maximum atomic E-state index is 6.01. The summed E-state index contributed by atoms with van der Waals surface area (Å²) in [4.78, 5) is 13.9. The quantitative estimate of drug-likeness (QED) is 0.372. The molecule has 0 aliphatic carbocycles. The summed E-state index contributed by atoms with van der Waals surface area (Å²) in [6.07, 6.45) is 1.82. The fourth-order valence-electron chi connectivity index (χ4n) is 4.10. The number of nitrogens with one attached hydrogen (secondary N) is 3. The van der Waals surface area contributed by atoms with Gasteiger partial charge in [0.1, 0.15) is 6.61 Å². The fraction of sp³-hybridized carbons (Fsp3) is 0.346. The van der Waals surface area contributed by atoms with Crippen molar-refractivity contribution in [2.75, 3.05) is 31.6 Å². The van der Waals surface area contributed by atoms with Crippen LogP contribution in [0.15, 0.2) is 60.9 Å². The molecule has 1 atom stereocenters. The molecule has 5 rings (SSSR count). The van der Waals surface area contributed by atoms with Crippen LogP contribution in [-0.4, -0.2) is 51.8 Å². The van der Waals surface area contributed by atoms with E-state index in [-0.39, 0.29) is 12.1 Å². The van der Waals surface area contributed by atoms with E-state index in [0.717, 1.165) is 36.4 Å². The Morgan fingerprint density at radius 2 is 1.82 bits per heavy atom. The molecule has 0 radical (unpaired) electrons. The summed E-state index contributed by atoms with van der Waals surface area (Å²) in [5.74, 6) is 0.682. The van der Waals surface area contributed by atoms with Crippen molar-refractivity contribution in [2.24, 2.45) is 0 Å². The number of hydrogen-bond acceptors (Lipinski definition) is 7. The molecule has 0 saturated carbocycles. The third-order valence-electron chi connectivity index (χ3n) is 6.02. The van der Waals surface area contributed by atoms with Gasteiger partial charge in [-0.05, 0) is 30.5 Å². The number of hydrogen-bond donors (Lipinski definition) is 3. The monoisotopic (exact) mass is 457 g/mol. The third kappa shape index (κ3) is 5.03. The molecule has 1 fully saturated rings. The SMILES string of the molecule is CC(C)n1cnc2c(NCc3ccc(-c4ccccc4)cc3)nc(OC[C@H]3CNCCN3)nc21. The van der Waals surface area contributed by atoms with Crippen LogP contribution in [0.3, 0.4) is 0 Å². The van der Waals surface area contributed by atoms with Crippen LogP contribution in [0.1, 0.15) is 25.5 Å². The summed E-state index contributed by atoms with van der Waals surface area (Å²) in [5.41, 5.74) is 5.10. The average molecular weight is 458 g/mol. The van der Waals surface area contributed by atoms with E-state index >= 15 is 0 Å². The topological polar surface area (TPSA) is 88.9 Å². The summed E-state index contributed by atoms with van der Waals surface area (Å²) >= 11 is 0. The molecule has 1 aliphatic rings. The Kier molecular flexibility index (Phi) is 6.69. The maximum Gasteiger partial charge on any atom is 0.320 e. The lowest BCUT2D eigenvalue weighted by atomic mass is 10.0. The Hall–Kier alpha value is -3.49. The second kappa shape index (κ2) is 10.2. The molecule has 4 aromatic rings. The molecule has 0 bridgehead atoms. The summed E-state index contributed by atoms with van der Waals surface area (Å²) in [7, 11) is 0. The molecule has 8 nitrogen and oxygen atoms in total. The molecular formula is C26H31N7O. The summed E-state index contributed by atoms with van der Waals surface area (Å²) in [6.45, 7) is 8.15. The first-order valence-corrected chi connectivity index (χ1v) is 11.9. The van der Waals surface area contributed by atoms with Crippen LogP contribution in [0.2, 0.25) is 0 Å². The summed E-state index contributed by atoms with van der Waals surface area (Å²) < 4.78 is 8.06. The predicted molar refractivity (Wildman–Crippen MR) is 135 cm³/mol. The number of rotatable bonds is 8. The van der Waals surface area contributed by atoms with Crippen LogP contribution in [0.25, 0.3) is 22.3 Å². The first-order valence-electron chi connectivity index (χ1n) is 11.9. The van der Waals surface area contributed by atoms with Crippen molar-refractivity contribution in [1.29, 1.82) is 0 Å². The maximum absolute atomic E-state index is 6.01. The van der Waals surface area contributed by atoms with E-state index in [4.69, 9.17) is 4.74 Å². The molecule has 2 aromatic carbocycles. The van der Waals surface area contributed by atoms with Crippen molar-refractivity contribution in [3.05, 3.63) is 66.5 Å². The van der Waals surface area contributed by atoms with Crippen molar-refractivity contribution >= 4 is 17.0 Å². The molecule has 3 heterocycles. The van der Waals surface area contributed by atoms with E-state index in [2.05, 4.69) is 93.3 Å². The van der Waals surface area contributed by atoms with E-state index in [9.17, 15) is 0 Å². The van der Waals surface area contributed by atoms with Crippen LogP contribution in [0.4, 0.5) is 5.82 Å². The largest absolute Gasteiger partial charge is 0.462 e. The van der Waals surface area contributed by atoms with Gasteiger partial charge in [-0.1, -0.05) is 54.6 Å². The first kappa shape index (κ1) is 22.3. The zero-order chi connectivity index (χ0) is 23.3. The first-order chi connectivity index (χ1) is 16.7. The summed E-state index contributed by atoms with van der Waals surface area (Å²) in [5, 5.41) is 10.3. The highest BCUT2D eigenvalue weighted by Gasteiger charge is 2.18. The second-order valence-electron chi connectivity index (χ2n) is 8.86. The Morgan fingerprint density at radius 1 is 1.03 bits per heavy atom. The summed E-state index contributed by atoms with van der Waals surface area (Å²) in [6, 6.07) is 19.8. The van der Waals surface area contributed by atoms with Gasteiger partial charge in [-0.3, -0.25) is 0 Å². The molecule has 1 aliphatic heterocycles. The van der Waals surface area contributed by atoms with Crippen LogP contribution in [0, 0.1) is 0 Å². The van der Waals surface area contributed by atoms with Gasteiger partial charge in [0, 0.05) is 32.2 Å².